The molecule has 2 nitrogen and oxygen atoms in total. The van der Waals surface area contributed by atoms with Gasteiger partial charge in [0.2, 0.25) is 0 Å². The highest BCUT2D eigenvalue weighted by Crippen LogP contribution is 2.25. The molecule has 1 unspecified atom stereocenters. The summed E-state index contributed by atoms with van der Waals surface area (Å²) in [6.07, 6.45) is 0. The van der Waals surface area contributed by atoms with Gasteiger partial charge in [0.15, 0.2) is 0 Å². The summed E-state index contributed by atoms with van der Waals surface area (Å²) in [6.45, 7) is 2.17. The number of rotatable bonds is 4. The molecule has 2 aromatic rings. The first kappa shape index (κ1) is 13.6. The minimum absolute atomic E-state index is 0.376. The highest BCUT2D eigenvalue weighted by molar-refractivity contribution is 5.67. The molecule has 2 heteroatoms. The van der Waals surface area contributed by atoms with Crippen molar-refractivity contribution in [1.29, 1.82) is 0 Å². The molecule has 0 aliphatic rings. The SMILES string of the molecule is CNC(C)c1cccc(-c2ccc(N(C)C)cc2)c1. The number of benzene rings is 2. The van der Waals surface area contributed by atoms with E-state index in [1.165, 1.54) is 22.4 Å². The van der Waals surface area contributed by atoms with Crippen LogP contribution in [0.3, 0.4) is 0 Å². The summed E-state index contributed by atoms with van der Waals surface area (Å²) in [5.41, 5.74) is 5.07. The topological polar surface area (TPSA) is 15.3 Å². The van der Waals surface area contributed by atoms with E-state index >= 15 is 0 Å². The smallest absolute Gasteiger partial charge is 0.0361 e. The quantitative estimate of drug-likeness (QED) is 0.895. The molecule has 100 valence electrons. The number of anilines is 1. The van der Waals surface area contributed by atoms with Crippen molar-refractivity contribution in [3.8, 4) is 11.1 Å². The highest BCUT2D eigenvalue weighted by atomic mass is 15.1. The molecule has 0 saturated carbocycles. The summed E-state index contributed by atoms with van der Waals surface area (Å²) >= 11 is 0. The Morgan fingerprint density at radius 3 is 2.21 bits per heavy atom. The first-order valence-corrected chi connectivity index (χ1v) is 6.67. The van der Waals surface area contributed by atoms with Crippen molar-refractivity contribution in [2.45, 2.75) is 13.0 Å². The molecular weight excluding hydrogens is 232 g/mol. The zero-order valence-corrected chi connectivity index (χ0v) is 12.1. The van der Waals surface area contributed by atoms with Crippen LogP contribution in [0.5, 0.6) is 0 Å². The lowest BCUT2D eigenvalue weighted by atomic mass is 10.00. The molecule has 19 heavy (non-hydrogen) atoms. The second-order valence-electron chi connectivity index (χ2n) is 5.08. The molecule has 2 rings (SSSR count). The highest BCUT2D eigenvalue weighted by Gasteiger charge is 2.04. The fraction of sp³-hybridized carbons (Fsp3) is 0.294. The maximum atomic E-state index is 3.28. The van der Waals surface area contributed by atoms with Gasteiger partial charge in [0.1, 0.15) is 0 Å². The van der Waals surface area contributed by atoms with Crippen molar-refractivity contribution in [2.24, 2.45) is 0 Å². The number of nitrogens with zero attached hydrogens (tertiary/aromatic N) is 1. The predicted octanol–water partition coefficient (Wildman–Crippen LogP) is 3.70. The van der Waals surface area contributed by atoms with Crippen LogP contribution in [-0.2, 0) is 0 Å². The minimum Gasteiger partial charge on any atom is -0.378 e. The van der Waals surface area contributed by atoms with Gasteiger partial charge in [-0.1, -0.05) is 30.3 Å². The van der Waals surface area contributed by atoms with Crippen molar-refractivity contribution in [2.75, 3.05) is 26.0 Å². The van der Waals surface area contributed by atoms with Gasteiger partial charge in [-0.3, -0.25) is 0 Å². The summed E-state index contributed by atoms with van der Waals surface area (Å²) in [5, 5.41) is 3.28. The third kappa shape index (κ3) is 3.15. The summed E-state index contributed by atoms with van der Waals surface area (Å²) < 4.78 is 0. The van der Waals surface area contributed by atoms with Gasteiger partial charge in [-0.2, -0.15) is 0 Å². The molecule has 0 radical (unpaired) electrons. The van der Waals surface area contributed by atoms with Crippen molar-refractivity contribution in [3.05, 3.63) is 54.1 Å². The van der Waals surface area contributed by atoms with Crippen LogP contribution in [0.25, 0.3) is 11.1 Å². The van der Waals surface area contributed by atoms with Gasteiger partial charge in [0.25, 0.3) is 0 Å². The van der Waals surface area contributed by atoms with E-state index in [2.05, 4.69) is 79.8 Å². The molecule has 1 atom stereocenters. The molecule has 0 amide bonds. The predicted molar refractivity (Wildman–Crippen MR) is 83.7 cm³/mol. The third-order valence-electron chi connectivity index (χ3n) is 3.54. The number of hydrogen-bond acceptors (Lipinski definition) is 2. The van der Waals surface area contributed by atoms with E-state index in [9.17, 15) is 0 Å². The average molecular weight is 254 g/mol. The fourth-order valence-corrected chi connectivity index (χ4v) is 2.11. The molecule has 2 aromatic carbocycles. The molecular formula is C17H22N2. The van der Waals surface area contributed by atoms with E-state index in [1.807, 2.05) is 7.05 Å². The van der Waals surface area contributed by atoms with Gasteiger partial charge in [-0.25, -0.2) is 0 Å². The van der Waals surface area contributed by atoms with Gasteiger partial charge in [0, 0.05) is 25.8 Å². The fourth-order valence-electron chi connectivity index (χ4n) is 2.11. The molecule has 1 N–H and O–H groups in total. The van der Waals surface area contributed by atoms with Crippen LogP contribution in [-0.4, -0.2) is 21.1 Å². The summed E-state index contributed by atoms with van der Waals surface area (Å²) in [4.78, 5) is 2.11. The van der Waals surface area contributed by atoms with Gasteiger partial charge in [-0.05, 0) is 48.9 Å². The van der Waals surface area contributed by atoms with E-state index in [1.54, 1.807) is 0 Å². The first-order valence-electron chi connectivity index (χ1n) is 6.67. The Morgan fingerprint density at radius 2 is 1.63 bits per heavy atom. The second-order valence-corrected chi connectivity index (χ2v) is 5.08. The number of hydrogen-bond donors (Lipinski definition) is 1. The molecule has 0 aliphatic heterocycles. The Bertz CT molecular complexity index is 529. The first-order chi connectivity index (χ1) is 9.11. The monoisotopic (exact) mass is 254 g/mol. The van der Waals surface area contributed by atoms with Gasteiger partial charge in [0.05, 0.1) is 0 Å². The lowest BCUT2D eigenvalue weighted by Crippen LogP contribution is -2.12. The minimum atomic E-state index is 0.376. The zero-order valence-electron chi connectivity index (χ0n) is 12.1. The Kier molecular flexibility index (Phi) is 4.23. The normalized spacial score (nSPS) is 12.2. The second kappa shape index (κ2) is 5.89. The Labute approximate surface area is 116 Å². The molecule has 0 heterocycles. The lowest BCUT2D eigenvalue weighted by Gasteiger charge is -2.14. The van der Waals surface area contributed by atoms with E-state index in [4.69, 9.17) is 0 Å². The molecule has 0 aliphatic carbocycles. The molecule has 0 fully saturated rings. The van der Waals surface area contributed by atoms with Gasteiger partial charge in [-0.15, -0.1) is 0 Å². The van der Waals surface area contributed by atoms with Gasteiger partial charge >= 0.3 is 0 Å². The average Bonchev–Trinajstić information content (AvgIpc) is 2.46. The molecule has 0 saturated heterocycles. The zero-order chi connectivity index (χ0) is 13.8. The summed E-state index contributed by atoms with van der Waals surface area (Å²) in [5.74, 6) is 0. The van der Waals surface area contributed by atoms with Crippen molar-refractivity contribution >= 4 is 5.69 Å². The van der Waals surface area contributed by atoms with Crippen molar-refractivity contribution in [3.63, 3.8) is 0 Å². The van der Waals surface area contributed by atoms with Crippen LogP contribution >= 0.6 is 0 Å². The van der Waals surface area contributed by atoms with Crippen LogP contribution in [0.1, 0.15) is 18.5 Å². The van der Waals surface area contributed by atoms with Crippen LogP contribution in [0.15, 0.2) is 48.5 Å². The largest absolute Gasteiger partial charge is 0.378 e. The summed E-state index contributed by atoms with van der Waals surface area (Å²) in [6, 6.07) is 17.8. The van der Waals surface area contributed by atoms with E-state index < -0.39 is 0 Å². The molecule has 0 aromatic heterocycles. The van der Waals surface area contributed by atoms with Crippen LogP contribution in [0, 0.1) is 0 Å². The van der Waals surface area contributed by atoms with E-state index in [0.29, 0.717) is 6.04 Å². The van der Waals surface area contributed by atoms with Crippen LogP contribution < -0.4 is 10.2 Å². The maximum absolute atomic E-state index is 3.28. The molecule has 0 bridgehead atoms. The maximum Gasteiger partial charge on any atom is 0.0361 e. The van der Waals surface area contributed by atoms with Crippen LogP contribution in [0.2, 0.25) is 0 Å². The summed E-state index contributed by atoms with van der Waals surface area (Å²) in [7, 11) is 6.11. The van der Waals surface area contributed by atoms with Crippen LogP contribution in [0.4, 0.5) is 5.69 Å². The van der Waals surface area contributed by atoms with E-state index in [-0.39, 0.29) is 0 Å². The standard InChI is InChI=1S/C17H22N2/c1-13(18-2)15-6-5-7-16(12-15)14-8-10-17(11-9-14)19(3)4/h5-13,18H,1-4H3. The number of nitrogens with one attached hydrogen (secondary N) is 1. The van der Waals surface area contributed by atoms with Crippen molar-refractivity contribution in [1.82, 2.24) is 5.32 Å². The van der Waals surface area contributed by atoms with Crippen molar-refractivity contribution < 1.29 is 0 Å². The third-order valence-corrected chi connectivity index (χ3v) is 3.54. The Morgan fingerprint density at radius 1 is 0.947 bits per heavy atom. The molecule has 0 spiro atoms. The Hall–Kier alpha value is -1.80. The Balaban J connectivity index is 2.31. The van der Waals surface area contributed by atoms with E-state index in [0.717, 1.165) is 0 Å². The lowest BCUT2D eigenvalue weighted by molar-refractivity contribution is 0.652. The van der Waals surface area contributed by atoms with Gasteiger partial charge < -0.3 is 10.2 Å².